The zero-order valence-electron chi connectivity index (χ0n) is 16.8. The monoisotopic (exact) mass is 361 g/mol. The summed E-state index contributed by atoms with van der Waals surface area (Å²) < 4.78 is 5.62. The van der Waals surface area contributed by atoms with Crippen LogP contribution in [0.25, 0.3) is 0 Å². The van der Waals surface area contributed by atoms with Gasteiger partial charge in [-0.15, -0.1) is 10.2 Å². The molecule has 1 N–H and O–H groups in total. The van der Waals surface area contributed by atoms with Crippen molar-refractivity contribution in [2.75, 3.05) is 26.2 Å². The molecule has 5 heteroatoms. The van der Waals surface area contributed by atoms with Crippen LogP contribution in [0.3, 0.4) is 0 Å². The van der Waals surface area contributed by atoms with Crippen molar-refractivity contribution in [3.05, 3.63) is 23.4 Å². The number of aryl methyl sites for hydroxylation is 1. The van der Waals surface area contributed by atoms with Crippen molar-refractivity contribution in [1.82, 2.24) is 15.1 Å². The molecule has 0 amide bonds. The van der Waals surface area contributed by atoms with Gasteiger partial charge in [-0.05, 0) is 68.9 Å². The highest BCUT2D eigenvalue weighted by atomic mass is 16.4. The standard InChI is InChI=1S/C21H35N3O2/c1-14(2)20-10-18(11-21-23-22-16(4)26-21)15(3)9-19(20)12-24-7-5-17(13-25)6-8-24/h9,14,17-20,25H,5-8,10-13H2,1-4H3/t18-,19-,20-/m0/s1. The Kier molecular flexibility index (Phi) is 6.51. The van der Waals surface area contributed by atoms with Gasteiger partial charge >= 0.3 is 0 Å². The summed E-state index contributed by atoms with van der Waals surface area (Å²) in [4.78, 5) is 2.61. The van der Waals surface area contributed by atoms with Crippen molar-refractivity contribution < 1.29 is 9.52 Å². The number of allylic oxidation sites excluding steroid dienone is 1. The number of hydrogen-bond donors (Lipinski definition) is 1. The van der Waals surface area contributed by atoms with Gasteiger partial charge in [-0.2, -0.15) is 0 Å². The number of aliphatic hydroxyl groups is 1. The number of aliphatic hydroxyl groups excluding tert-OH is 1. The molecule has 0 unspecified atom stereocenters. The smallest absolute Gasteiger partial charge is 0.217 e. The van der Waals surface area contributed by atoms with Crippen molar-refractivity contribution in [2.24, 2.45) is 29.6 Å². The largest absolute Gasteiger partial charge is 0.426 e. The van der Waals surface area contributed by atoms with Gasteiger partial charge in [-0.1, -0.05) is 25.5 Å². The lowest BCUT2D eigenvalue weighted by Crippen LogP contribution is -2.41. The van der Waals surface area contributed by atoms with Crippen LogP contribution in [-0.2, 0) is 6.42 Å². The average Bonchev–Trinajstić information content (AvgIpc) is 3.02. The van der Waals surface area contributed by atoms with Crippen LogP contribution in [0.15, 0.2) is 16.1 Å². The number of likely N-dealkylation sites (tertiary alicyclic amines) is 1. The lowest BCUT2D eigenvalue weighted by atomic mass is 9.69. The Morgan fingerprint density at radius 1 is 1.23 bits per heavy atom. The number of aromatic nitrogens is 2. The van der Waals surface area contributed by atoms with Crippen LogP contribution in [-0.4, -0.2) is 46.4 Å². The molecule has 2 aliphatic rings. The second-order valence-electron chi connectivity index (χ2n) is 8.76. The Morgan fingerprint density at radius 2 is 1.96 bits per heavy atom. The fraction of sp³-hybridized carbons (Fsp3) is 0.810. The van der Waals surface area contributed by atoms with Crippen LogP contribution in [0.5, 0.6) is 0 Å². The summed E-state index contributed by atoms with van der Waals surface area (Å²) in [5.74, 6) is 4.45. The zero-order valence-corrected chi connectivity index (χ0v) is 16.8. The summed E-state index contributed by atoms with van der Waals surface area (Å²) in [6.45, 7) is 12.6. The summed E-state index contributed by atoms with van der Waals surface area (Å²) in [5, 5.41) is 17.5. The van der Waals surface area contributed by atoms with Crippen molar-refractivity contribution >= 4 is 0 Å². The highest BCUT2D eigenvalue weighted by Crippen LogP contribution is 2.39. The zero-order chi connectivity index (χ0) is 18.7. The normalized spacial score (nSPS) is 28.5. The number of piperidine rings is 1. The molecule has 0 radical (unpaired) electrons. The fourth-order valence-corrected chi connectivity index (χ4v) is 4.77. The highest BCUT2D eigenvalue weighted by molar-refractivity contribution is 5.14. The third-order valence-corrected chi connectivity index (χ3v) is 6.51. The molecule has 1 fully saturated rings. The predicted octanol–water partition coefficient (Wildman–Crippen LogP) is 3.48. The molecule has 1 aliphatic carbocycles. The van der Waals surface area contributed by atoms with Gasteiger partial charge in [0.1, 0.15) is 0 Å². The highest BCUT2D eigenvalue weighted by Gasteiger charge is 2.34. The average molecular weight is 362 g/mol. The predicted molar refractivity (Wildman–Crippen MR) is 103 cm³/mol. The quantitative estimate of drug-likeness (QED) is 0.786. The van der Waals surface area contributed by atoms with Crippen LogP contribution >= 0.6 is 0 Å². The van der Waals surface area contributed by atoms with Crippen LogP contribution in [0.4, 0.5) is 0 Å². The van der Waals surface area contributed by atoms with Gasteiger partial charge in [0.25, 0.3) is 0 Å². The van der Waals surface area contributed by atoms with Crippen molar-refractivity contribution in [2.45, 2.75) is 53.4 Å². The van der Waals surface area contributed by atoms with Crippen LogP contribution in [0.2, 0.25) is 0 Å². The van der Waals surface area contributed by atoms with E-state index >= 15 is 0 Å². The Bertz CT molecular complexity index is 602. The Hall–Kier alpha value is -1.20. The van der Waals surface area contributed by atoms with E-state index in [1.807, 2.05) is 6.92 Å². The molecule has 2 heterocycles. The second-order valence-corrected chi connectivity index (χ2v) is 8.76. The molecule has 26 heavy (non-hydrogen) atoms. The third kappa shape index (κ3) is 4.74. The minimum atomic E-state index is 0.349. The molecule has 1 aromatic heterocycles. The van der Waals surface area contributed by atoms with E-state index in [-0.39, 0.29) is 0 Å². The molecule has 1 aliphatic heterocycles. The van der Waals surface area contributed by atoms with Gasteiger partial charge in [0.05, 0.1) is 0 Å². The van der Waals surface area contributed by atoms with E-state index in [4.69, 9.17) is 4.42 Å². The van der Waals surface area contributed by atoms with Crippen molar-refractivity contribution in [3.63, 3.8) is 0 Å². The van der Waals surface area contributed by atoms with Gasteiger partial charge in [0.15, 0.2) is 0 Å². The summed E-state index contributed by atoms with van der Waals surface area (Å²) >= 11 is 0. The van der Waals surface area contributed by atoms with Gasteiger partial charge < -0.3 is 14.4 Å². The van der Waals surface area contributed by atoms with E-state index in [1.165, 1.54) is 12.0 Å². The number of hydrogen-bond acceptors (Lipinski definition) is 5. The van der Waals surface area contributed by atoms with Crippen molar-refractivity contribution in [3.8, 4) is 0 Å². The van der Waals surface area contributed by atoms with Crippen LogP contribution in [0, 0.1) is 36.5 Å². The molecular weight excluding hydrogens is 326 g/mol. The molecule has 3 rings (SSSR count). The Morgan fingerprint density at radius 3 is 2.54 bits per heavy atom. The van der Waals surface area contributed by atoms with Gasteiger partial charge in [0.2, 0.25) is 11.8 Å². The first-order valence-electron chi connectivity index (χ1n) is 10.3. The summed E-state index contributed by atoms with van der Waals surface area (Å²) in [5.41, 5.74) is 1.48. The maximum Gasteiger partial charge on any atom is 0.217 e. The summed E-state index contributed by atoms with van der Waals surface area (Å²) in [6.07, 6.45) is 6.87. The van der Waals surface area contributed by atoms with Crippen LogP contribution in [0.1, 0.15) is 51.8 Å². The molecular formula is C21H35N3O2. The lowest BCUT2D eigenvalue weighted by Gasteiger charge is -2.40. The molecule has 146 valence electrons. The third-order valence-electron chi connectivity index (χ3n) is 6.51. The molecule has 5 nitrogen and oxygen atoms in total. The maximum absolute atomic E-state index is 9.35. The molecule has 0 aromatic carbocycles. The van der Waals surface area contributed by atoms with Crippen molar-refractivity contribution in [1.29, 1.82) is 0 Å². The summed E-state index contributed by atoms with van der Waals surface area (Å²) in [6, 6.07) is 0. The minimum Gasteiger partial charge on any atom is -0.426 e. The van der Waals surface area contributed by atoms with Gasteiger partial charge in [0, 0.05) is 26.5 Å². The molecule has 0 spiro atoms. The molecule has 0 bridgehead atoms. The second kappa shape index (κ2) is 8.66. The topological polar surface area (TPSA) is 62.4 Å². The fourth-order valence-electron chi connectivity index (χ4n) is 4.77. The van der Waals surface area contributed by atoms with Crippen LogP contribution < -0.4 is 0 Å². The van der Waals surface area contributed by atoms with E-state index in [0.29, 0.717) is 42.1 Å². The van der Waals surface area contributed by atoms with E-state index in [0.717, 1.165) is 44.8 Å². The van der Waals surface area contributed by atoms with Gasteiger partial charge in [-0.25, -0.2) is 0 Å². The first kappa shape index (κ1) is 19.6. The number of rotatable bonds is 6. The maximum atomic E-state index is 9.35. The molecule has 3 atom stereocenters. The number of nitrogens with zero attached hydrogens (tertiary/aromatic N) is 3. The van der Waals surface area contributed by atoms with E-state index in [9.17, 15) is 5.11 Å². The Labute approximate surface area is 157 Å². The van der Waals surface area contributed by atoms with E-state index < -0.39 is 0 Å². The van der Waals surface area contributed by atoms with Gasteiger partial charge in [-0.3, -0.25) is 0 Å². The molecule has 0 saturated carbocycles. The van der Waals surface area contributed by atoms with E-state index in [2.05, 4.69) is 41.9 Å². The molecule has 1 saturated heterocycles. The summed E-state index contributed by atoms with van der Waals surface area (Å²) in [7, 11) is 0. The Balaban J connectivity index is 1.65. The first-order valence-corrected chi connectivity index (χ1v) is 10.3. The van der Waals surface area contributed by atoms with E-state index in [1.54, 1.807) is 0 Å². The SMILES string of the molecule is CC1=C[C@@H](CN2CCC(CO)CC2)[C@H](C(C)C)C[C@H]1Cc1nnc(C)o1. The minimum absolute atomic E-state index is 0.349. The lowest BCUT2D eigenvalue weighted by molar-refractivity contribution is 0.103. The first-order chi connectivity index (χ1) is 12.5. The molecule has 1 aromatic rings.